The van der Waals surface area contributed by atoms with E-state index < -0.39 is 11.8 Å². The Morgan fingerprint density at radius 2 is 1.79 bits per heavy atom. The number of hydrogen-bond donors (Lipinski definition) is 0. The molecule has 3 aromatic rings. The lowest BCUT2D eigenvalue weighted by Gasteiger charge is -2.29. The normalized spacial score (nSPS) is 16.3. The minimum absolute atomic E-state index is 0.314. The van der Waals surface area contributed by atoms with Crippen LogP contribution in [0.3, 0.4) is 0 Å². The molecule has 0 saturated carbocycles. The van der Waals surface area contributed by atoms with Gasteiger partial charge in [0.15, 0.2) is 5.13 Å². The number of carbonyl (C=O) groups excluding carboxylic acids is 3. The van der Waals surface area contributed by atoms with E-state index >= 15 is 0 Å². The molecule has 2 aliphatic heterocycles. The van der Waals surface area contributed by atoms with Gasteiger partial charge in [0.1, 0.15) is 6.54 Å². The van der Waals surface area contributed by atoms with Crippen LogP contribution in [0.25, 0.3) is 10.2 Å². The number of morpholine rings is 1. The lowest BCUT2D eigenvalue weighted by Crippen LogP contribution is -2.47. The highest BCUT2D eigenvalue weighted by molar-refractivity contribution is 7.22. The molecular weight excluding hydrogens is 452 g/mol. The van der Waals surface area contributed by atoms with Gasteiger partial charge in [-0.05, 0) is 36.2 Å². The first kappa shape index (κ1) is 22.6. The zero-order valence-corrected chi connectivity index (χ0v) is 19.8. The van der Waals surface area contributed by atoms with E-state index in [2.05, 4.69) is 17.9 Å². The van der Waals surface area contributed by atoms with E-state index in [4.69, 9.17) is 9.72 Å². The maximum atomic E-state index is 13.5. The Hall–Kier alpha value is -3.14. The summed E-state index contributed by atoms with van der Waals surface area (Å²) in [5.41, 5.74) is 2.72. The number of aromatic nitrogens is 1. The van der Waals surface area contributed by atoms with Crippen molar-refractivity contribution in [3.05, 3.63) is 59.2 Å². The van der Waals surface area contributed by atoms with Gasteiger partial charge in [-0.1, -0.05) is 36.5 Å². The summed E-state index contributed by atoms with van der Waals surface area (Å²) in [5.74, 6) is -1.18. The summed E-state index contributed by atoms with van der Waals surface area (Å²) >= 11 is 1.46. The number of anilines is 1. The minimum Gasteiger partial charge on any atom is -0.379 e. The summed E-state index contributed by atoms with van der Waals surface area (Å²) in [6, 6.07) is 12.8. The summed E-state index contributed by atoms with van der Waals surface area (Å²) in [7, 11) is 0. The molecule has 0 radical (unpaired) electrons. The SMILES string of the molecule is CCc1ccc2nc(N(CCN3CCOCC3)C(=O)CN3C(=O)c4ccccc4C3=O)sc2c1. The van der Waals surface area contributed by atoms with Crippen LogP contribution in [0.2, 0.25) is 0 Å². The quantitative estimate of drug-likeness (QED) is 0.486. The smallest absolute Gasteiger partial charge is 0.262 e. The van der Waals surface area contributed by atoms with E-state index in [0.717, 1.165) is 34.6 Å². The molecule has 8 nitrogen and oxygen atoms in total. The van der Waals surface area contributed by atoms with Crippen LogP contribution in [-0.2, 0) is 16.0 Å². The molecule has 1 saturated heterocycles. The highest BCUT2D eigenvalue weighted by Crippen LogP contribution is 2.30. The van der Waals surface area contributed by atoms with Crippen LogP contribution in [0.4, 0.5) is 5.13 Å². The van der Waals surface area contributed by atoms with Crippen molar-refractivity contribution in [3.8, 4) is 0 Å². The lowest BCUT2D eigenvalue weighted by atomic mass is 10.1. The number of fused-ring (bicyclic) bond motifs is 2. The fraction of sp³-hybridized carbons (Fsp3) is 0.360. The number of imide groups is 1. The second-order valence-corrected chi connectivity index (χ2v) is 9.40. The predicted molar refractivity (Wildman–Crippen MR) is 130 cm³/mol. The largest absolute Gasteiger partial charge is 0.379 e. The van der Waals surface area contributed by atoms with Crippen LogP contribution in [-0.4, -0.2) is 78.4 Å². The average molecular weight is 479 g/mol. The van der Waals surface area contributed by atoms with Crippen molar-refractivity contribution >= 4 is 44.4 Å². The van der Waals surface area contributed by atoms with Gasteiger partial charge in [0, 0.05) is 26.2 Å². The number of hydrogen-bond acceptors (Lipinski definition) is 7. The first-order chi connectivity index (χ1) is 16.5. The van der Waals surface area contributed by atoms with Crippen molar-refractivity contribution in [3.63, 3.8) is 0 Å². The molecule has 0 N–H and O–H groups in total. The van der Waals surface area contributed by atoms with Crippen LogP contribution in [0.15, 0.2) is 42.5 Å². The van der Waals surface area contributed by atoms with Gasteiger partial charge < -0.3 is 4.74 Å². The van der Waals surface area contributed by atoms with E-state index in [1.807, 2.05) is 12.1 Å². The number of nitrogens with zero attached hydrogens (tertiary/aromatic N) is 4. The van der Waals surface area contributed by atoms with Gasteiger partial charge in [-0.15, -0.1) is 0 Å². The Labute approximate surface area is 201 Å². The Kier molecular flexibility index (Phi) is 6.40. The highest BCUT2D eigenvalue weighted by Gasteiger charge is 2.37. The third-order valence-electron chi connectivity index (χ3n) is 6.30. The Morgan fingerprint density at radius 3 is 2.47 bits per heavy atom. The minimum atomic E-state index is -0.432. The molecule has 0 unspecified atom stereocenters. The highest BCUT2D eigenvalue weighted by atomic mass is 32.1. The Bertz CT molecular complexity index is 1220. The van der Waals surface area contributed by atoms with E-state index in [1.165, 1.54) is 16.9 Å². The molecule has 0 spiro atoms. The fourth-order valence-corrected chi connectivity index (χ4v) is 5.36. The van der Waals surface area contributed by atoms with Gasteiger partial charge in [0.25, 0.3) is 11.8 Å². The fourth-order valence-electron chi connectivity index (χ4n) is 4.29. The van der Waals surface area contributed by atoms with Crippen molar-refractivity contribution in [1.82, 2.24) is 14.8 Å². The molecule has 9 heteroatoms. The molecule has 5 rings (SSSR count). The van der Waals surface area contributed by atoms with Gasteiger partial charge in [-0.25, -0.2) is 4.98 Å². The molecule has 2 aliphatic rings. The summed E-state index contributed by atoms with van der Waals surface area (Å²) < 4.78 is 6.44. The van der Waals surface area contributed by atoms with E-state index in [0.29, 0.717) is 42.6 Å². The summed E-state index contributed by atoms with van der Waals surface area (Å²) in [5, 5.41) is 0.582. The number of amides is 3. The molecule has 1 aromatic heterocycles. The van der Waals surface area contributed by atoms with Crippen LogP contribution in [0.5, 0.6) is 0 Å². The van der Waals surface area contributed by atoms with Crippen molar-refractivity contribution in [2.45, 2.75) is 13.3 Å². The standard InChI is InChI=1S/C25H26N4O4S/c1-2-17-7-8-20-21(15-17)34-25(26-20)28(10-9-27-11-13-33-14-12-27)22(30)16-29-23(31)18-5-3-4-6-19(18)24(29)32/h3-8,15H,2,9-14,16H2,1H3. The molecule has 176 valence electrons. The predicted octanol–water partition coefficient (Wildman–Crippen LogP) is 2.82. The molecule has 0 bridgehead atoms. The topological polar surface area (TPSA) is 83.1 Å². The Balaban J connectivity index is 1.40. The summed E-state index contributed by atoms with van der Waals surface area (Å²) in [6.45, 7) is 5.82. The molecule has 34 heavy (non-hydrogen) atoms. The zero-order valence-electron chi connectivity index (χ0n) is 19.0. The number of carbonyl (C=O) groups is 3. The number of benzene rings is 2. The van der Waals surface area contributed by atoms with Gasteiger partial charge in [0.05, 0.1) is 34.6 Å². The van der Waals surface area contributed by atoms with Crippen molar-refractivity contribution < 1.29 is 19.1 Å². The molecule has 0 aliphatic carbocycles. The van der Waals surface area contributed by atoms with E-state index in [1.54, 1.807) is 29.2 Å². The number of ether oxygens (including phenoxy) is 1. The van der Waals surface area contributed by atoms with Crippen LogP contribution in [0, 0.1) is 0 Å². The molecule has 3 heterocycles. The second-order valence-electron chi connectivity index (χ2n) is 8.39. The molecule has 2 aromatic carbocycles. The molecule has 0 atom stereocenters. The summed E-state index contributed by atoms with van der Waals surface area (Å²) in [4.78, 5) is 48.8. The van der Waals surface area contributed by atoms with Gasteiger partial charge in [-0.2, -0.15) is 0 Å². The first-order valence-electron chi connectivity index (χ1n) is 11.5. The monoisotopic (exact) mass is 478 g/mol. The third-order valence-corrected chi connectivity index (χ3v) is 7.34. The zero-order chi connectivity index (χ0) is 23.7. The molecular formula is C25H26N4O4S. The van der Waals surface area contributed by atoms with Crippen LogP contribution >= 0.6 is 11.3 Å². The Morgan fingerprint density at radius 1 is 1.09 bits per heavy atom. The van der Waals surface area contributed by atoms with Gasteiger partial charge in [-0.3, -0.25) is 29.1 Å². The van der Waals surface area contributed by atoms with Crippen molar-refractivity contribution in [2.24, 2.45) is 0 Å². The summed E-state index contributed by atoms with van der Waals surface area (Å²) in [6.07, 6.45) is 0.919. The number of rotatable bonds is 7. The van der Waals surface area contributed by atoms with Gasteiger partial charge >= 0.3 is 0 Å². The molecule has 1 fully saturated rings. The van der Waals surface area contributed by atoms with Crippen LogP contribution in [0.1, 0.15) is 33.2 Å². The van der Waals surface area contributed by atoms with E-state index in [-0.39, 0.29) is 12.5 Å². The first-order valence-corrected chi connectivity index (χ1v) is 12.3. The second kappa shape index (κ2) is 9.61. The van der Waals surface area contributed by atoms with Gasteiger partial charge in [0.2, 0.25) is 5.91 Å². The molecule has 3 amide bonds. The maximum Gasteiger partial charge on any atom is 0.262 e. The number of aryl methyl sites for hydroxylation is 1. The number of thiazole rings is 1. The van der Waals surface area contributed by atoms with Crippen molar-refractivity contribution in [1.29, 1.82) is 0 Å². The van der Waals surface area contributed by atoms with Crippen LogP contribution < -0.4 is 4.90 Å². The maximum absolute atomic E-state index is 13.5. The lowest BCUT2D eigenvalue weighted by molar-refractivity contribution is -0.119. The van der Waals surface area contributed by atoms with Crippen molar-refractivity contribution in [2.75, 3.05) is 50.8 Å². The average Bonchev–Trinajstić information content (AvgIpc) is 3.39. The third kappa shape index (κ3) is 4.34. The van der Waals surface area contributed by atoms with E-state index in [9.17, 15) is 14.4 Å².